The highest BCUT2D eigenvalue weighted by Gasteiger charge is 2.21. The average molecular weight is 340 g/mol. The van der Waals surface area contributed by atoms with Gasteiger partial charge in [-0.1, -0.05) is 52.0 Å². The zero-order valence-electron chi connectivity index (χ0n) is 15.8. The molecule has 4 nitrogen and oxygen atoms in total. The van der Waals surface area contributed by atoms with Crippen molar-refractivity contribution in [2.45, 2.75) is 59.3 Å². The van der Waals surface area contributed by atoms with Gasteiger partial charge in [-0.15, -0.1) is 0 Å². The highest BCUT2D eigenvalue weighted by Crippen LogP contribution is 2.25. The maximum absolute atomic E-state index is 11.7. The average Bonchev–Trinajstić information content (AvgIpc) is 2.87. The Morgan fingerprint density at radius 1 is 1.20 bits per heavy atom. The van der Waals surface area contributed by atoms with Gasteiger partial charge in [-0.2, -0.15) is 5.10 Å². The summed E-state index contributed by atoms with van der Waals surface area (Å²) in [6.45, 7) is 10.4. The summed E-state index contributed by atoms with van der Waals surface area (Å²) in [5.41, 5.74) is 3.86. The molecule has 0 spiro atoms. The first-order valence-corrected chi connectivity index (χ1v) is 8.83. The zero-order valence-corrected chi connectivity index (χ0v) is 15.8. The van der Waals surface area contributed by atoms with Gasteiger partial charge >= 0.3 is 5.97 Å². The van der Waals surface area contributed by atoms with Crippen molar-refractivity contribution in [2.24, 2.45) is 0 Å². The quantitative estimate of drug-likeness (QED) is 0.746. The summed E-state index contributed by atoms with van der Waals surface area (Å²) in [5, 5.41) is 14.2. The van der Waals surface area contributed by atoms with Crippen LogP contribution in [-0.2, 0) is 11.8 Å². The van der Waals surface area contributed by atoms with E-state index >= 15 is 0 Å². The van der Waals surface area contributed by atoms with Crippen LogP contribution in [0.15, 0.2) is 36.4 Å². The fraction of sp³-hybridized carbons (Fsp3) is 0.429. The standard InChI is InChI=1S/C21H28N2O2/c1-6-7-8-9-10-18-19(20(24)25)15(2)23(22-18)17-13-11-16(12-14-17)21(3,4)5/h7-8,11-14H,6,9-10H2,1-5H3,(H,24,25). The molecule has 1 heterocycles. The lowest BCUT2D eigenvalue weighted by Gasteiger charge is -2.19. The molecular weight excluding hydrogens is 312 g/mol. The second-order valence-electron chi connectivity index (χ2n) is 7.34. The molecule has 2 aromatic rings. The molecule has 134 valence electrons. The van der Waals surface area contributed by atoms with Crippen LogP contribution < -0.4 is 0 Å². The van der Waals surface area contributed by atoms with E-state index in [1.54, 1.807) is 4.68 Å². The number of aryl methyl sites for hydroxylation is 1. The maximum Gasteiger partial charge on any atom is 0.339 e. The largest absolute Gasteiger partial charge is 0.478 e. The van der Waals surface area contributed by atoms with Crippen molar-refractivity contribution < 1.29 is 9.90 Å². The molecule has 0 fully saturated rings. The van der Waals surface area contributed by atoms with Gasteiger partial charge in [0.2, 0.25) is 0 Å². The topological polar surface area (TPSA) is 55.1 Å². The summed E-state index contributed by atoms with van der Waals surface area (Å²) in [5.74, 6) is -0.912. The van der Waals surface area contributed by atoms with Crippen molar-refractivity contribution in [1.82, 2.24) is 9.78 Å². The van der Waals surface area contributed by atoms with Crippen molar-refractivity contribution in [2.75, 3.05) is 0 Å². The van der Waals surface area contributed by atoms with E-state index in [2.05, 4.69) is 57.1 Å². The molecule has 0 aliphatic heterocycles. The second-order valence-corrected chi connectivity index (χ2v) is 7.34. The number of carboxylic acids is 1. The van der Waals surface area contributed by atoms with Crippen LogP contribution in [0.4, 0.5) is 0 Å². The molecule has 0 radical (unpaired) electrons. The Morgan fingerprint density at radius 3 is 2.36 bits per heavy atom. The van der Waals surface area contributed by atoms with Crippen LogP contribution in [0.3, 0.4) is 0 Å². The van der Waals surface area contributed by atoms with Gasteiger partial charge in [-0.05, 0) is 49.3 Å². The maximum atomic E-state index is 11.7. The first-order valence-electron chi connectivity index (χ1n) is 8.83. The Bertz CT molecular complexity index is 762. The Balaban J connectivity index is 2.38. The van der Waals surface area contributed by atoms with E-state index in [9.17, 15) is 9.90 Å². The molecule has 0 unspecified atom stereocenters. The predicted octanol–water partition coefficient (Wildman–Crippen LogP) is 5.08. The van der Waals surface area contributed by atoms with E-state index < -0.39 is 5.97 Å². The number of aromatic carboxylic acids is 1. The second kappa shape index (κ2) is 7.68. The molecule has 0 aliphatic carbocycles. The van der Waals surface area contributed by atoms with Gasteiger partial charge in [-0.3, -0.25) is 0 Å². The Hall–Kier alpha value is -2.36. The summed E-state index contributed by atoms with van der Waals surface area (Å²) in [6, 6.07) is 8.18. The minimum Gasteiger partial charge on any atom is -0.478 e. The molecule has 0 bridgehead atoms. The molecule has 0 atom stereocenters. The van der Waals surface area contributed by atoms with E-state index in [0.717, 1.165) is 18.5 Å². The van der Waals surface area contributed by atoms with Gasteiger partial charge in [-0.25, -0.2) is 9.48 Å². The Morgan fingerprint density at radius 2 is 1.84 bits per heavy atom. The zero-order chi connectivity index (χ0) is 18.6. The minimum absolute atomic E-state index is 0.0840. The van der Waals surface area contributed by atoms with E-state index in [0.29, 0.717) is 23.4 Å². The molecular formula is C21H28N2O2. The lowest BCUT2D eigenvalue weighted by Crippen LogP contribution is -2.11. The third-order valence-corrected chi connectivity index (χ3v) is 4.33. The predicted molar refractivity (Wildman–Crippen MR) is 102 cm³/mol. The van der Waals surface area contributed by atoms with Crippen LogP contribution in [-0.4, -0.2) is 20.9 Å². The first kappa shape index (κ1) is 19.0. The number of carbonyl (C=O) groups is 1. The number of nitrogens with zero attached hydrogens (tertiary/aromatic N) is 2. The molecule has 0 saturated carbocycles. The van der Waals surface area contributed by atoms with Crippen LogP contribution >= 0.6 is 0 Å². The molecule has 0 saturated heterocycles. The molecule has 1 aromatic carbocycles. The van der Waals surface area contributed by atoms with Crippen molar-refractivity contribution in [3.8, 4) is 5.69 Å². The first-order chi connectivity index (χ1) is 11.8. The van der Waals surface area contributed by atoms with E-state index in [1.165, 1.54) is 5.56 Å². The van der Waals surface area contributed by atoms with Crippen LogP contribution in [0.5, 0.6) is 0 Å². The lowest BCUT2D eigenvalue weighted by molar-refractivity contribution is 0.0695. The highest BCUT2D eigenvalue weighted by molar-refractivity contribution is 5.90. The van der Waals surface area contributed by atoms with E-state index in [1.807, 2.05) is 19.1 Å². The van der Waals surface area contributed by atoms with Crippen LogP contribution in [0, 0.1) is 6.92 Å². The molecule has 0 aliphatic rings. The van der Waals surface area contributed by atoms with Gasteiger partial charge in [0, 0.05) is 0 Å². The monoisotopic (exact) mass is 340 g/mol. The fourth-order valence-electron chi connectivity index (χ4n) is 2.87. The molecule has 1 N–H and O–H groups in total. The number of rotatable bonds is 6. The van der Waals surface area contributed by atoms with Crippen molar-refractivity contribution in [3.05, 3.63) is 58.9 Å². The van der Waals surface area contributed by atoms with Gasteiger partial charge in [0.15, 0.2) is 0 Å². The molecule has 2 rings (SSSR count). The Kier molecular flexibility index (Phi) is 5.83. The fourth-order valence-corrected chi connectivity index (χ4v) is 2.87. The summed E-state index contributed by atoms with van der Waals surface area (Å²) in [7, 11) is 0. The summed E-state index contributed by atoms with van der Waals surface area (Å²) >= 11 is 0. The van der Waals surface area contributed by atoms with Gasteiger partial charge in [0.1, 0.15) is 5.56 Å². The molecule has 0 amide bonds. The third kappa shape index (κ3) is 4.38. The van der Waals surface area contributed by atoms with E-state index in [4.69, 9.17) is 0 Å². The molecule has 25 heavy (non-hydrogen) atoms. The van der Waals surface area contributed by atoms with Crippen molar-refractivity contribution in [1.29, 1.82) is 0 Å². The summed E-state index contributed by atoms with van der Waals surface area (Å²) < 4.78 is 1.74. The normalized spacial score (nSPS) is 12.0. The number of hydrogen-bond acceptors (Lipinski definition) is 2. The molecule has 4 heteroatoms. The highest BCUT2D eigenvalue weighted by atomic mass is 16.4. The SMILES string of the molecule is CCC=CCCc1nn(-c2ccc(C(C)(C)C)cc2)c(C)c1C(=O)O. The van der Waals surface area contributed by atoms with Crippen molar-refractivity contribution in [3.63, 3.8) is 0 Å². The van der Waals surface area contributed by atoms with Gasteiger partial charge in [0.05, 0.1) is 17.1 Å². The van der Waals surface area contributed by atoms with Crippen LogP contribution in [0.25, 0.3) is 5.69 Å². The van der Waals surface area contributed by atoms with Crippen LogP contribution in [0.2, 0.25) is 0 Å². The number of hydrogen-bond donors (Lipinski definition) is 1. The van der Waals surface area contributed by atoms with Crippen LogP contribution in [0.1, 0.15) is 67.8 Å². The summed E-state index contributed by atoms with van der Waals surface area (Å²) in [4.78, 5) is 11.7. The van der Waals surface area contributed by atoms with Gasteiger partial charge < -0.3 is 5.11 Å². The number of benzene rings is 1. The smallest absolute Gasteiger partial charge is 0.339 e. The number of allylic oxidation sites excluding steroid dienone is 2. The number of aromatic nitrogens is 2. The lowest BCUT2D eigenvalue weighted by atomic mass is 9.87. The van der Waals surface area contributed by atoms with Gasteiger partial charge in [0.25, 0.3) is 0 Å². The third-order valence-electron chi connectivity index (χ3n) is 4.33. The minimum atomic E-state index is -0.912. The Labute approximate surface area is 150 Å². The van der Waals surface area contributed by atoms with Crippen molar-refractivity contribution >= 4 is 5.97 Å². The molecule has 1 aromatic heterocycles. The van der Waals surface area contributed by atoms with E-state index in [-0.39, 0.29) is 5.41 Å². The number of carboxylic acid groups (broad SMARTS) is 1. The summed E-state index contributed by atoms with van der Waals surface area (Å²) in [6.07, 6.45) is 6.59.